The first-order valence-corrected chi connectivity index (χ1v) is 11.1. The van der Waals surface area contributed by atoms with Gasteiger partial charge in [0.25, 0.3) is 5.56 Å². The van der Waals surface area contributed by atoms with Crippen LogP contribution >= 0.6 is 22.6 Å². The number of nitrogens with zero attached hydrogens (tertiary/aromatic N) is 1. The van der Waals surface area contributed by atoms with Crippen molar-refractivity contribution >= 4 is 34.2 Å². The van der Waals surface area contributed by atoms with E-state index in [1.54, 1.807) is 6.07 Å². The molecule has 5 rings (SSSR count). The first kappa shape index (κ1) is 19.9. The van der Waals surface area contributed by atoms with Crippen molar-refractivity contribution < 1.29 is 14.6 Å². The minimum Gasteiger partial charge on any atom is -0.504 e. The first-order chi connectivity index (χ1) is 15.0. The van der Waals surface area contributed by atoms with Crippen molar-refractivity contribution in [2.45, 2.75) is 25.2 Å². The van der Waals surface area contributed by atoms with Gasteiger partial charge in [-0.2, -0.15) is 0 Å². The third kappa shape index (κ3) is 3.16. The highest BCUT2D eigenvalue weighted by Gasteiger charge is 2.39. The molecule has 0 saturated carbocycles. The summed E-state index contributed by atoms with van der Waals surface area (Å²) >= 11 is 2.03. The fraction of sp³-hybridized carbons (Fsp3) is 0.217. The lowest BCUT2D eigenvalue weighted by molar-refractivity contribution is -0.116. The summed E-state index contributed by atoms with van der Waals surface area (Å²) in [5.74, 6) is 0.440. The summed E-state index contributed by atoms with van der Waals surface area (Å²) < 4.78 is 7.44. The molecule has 0 amide bonds. The fourth-order valence-electron chi connectivity index (χ4n) is 4.45. The van der Waals surface area contributed by atoms with Gasteiger partial charge in [-0.1, -0.05) is 18.2 Å². The molecule has 158 valence electrons. The summed E-state index contributed by atoms with van der Waals surface area (Å²) in [6.07, 6.45) is 1.96. The van der Waals surface area contributed by atoms with Crippen LogP contribution in [0.15, 0.2) is 58.5 Å². The van der Waals surface area contributed by atoms with E-state index in [1.807, 2.05) is 59.0 Å². The number of rotatable bonds is 3. The molecule has 0 radical (unpaired) electrons. The van der Waals surface area contributed by atoms with Gasteiger partial charge in [-0.15, -0.1) is 0 Å². The van der Waals surface area contributed by atoms with E-state index in [-0.39, 0.29) is 17.1 Å². The molecule has 0 fully saturated rings. The van der Waals surface area contributed by atoms with Gasteiger partial charge in [-0.25, -0.2) is 4.68 Å². The number of H-pyrrole nitrogens is 1. The molecule has 1 atom stereocenters. The third-order valence-corrected chi connectivity index (χ3v) is 6.68. The fourth-order valence-corrected chi connectivity index (χ4v) is 5.07. The van der Waals surface area contributed by atoms with E-state index in [0.29, 0.717) is 38.4 Å². The van der Waals surface area contributed by atoms with Crippen molar-refractivity contribution in [3.63, 3.8) is 0 Å². The van der Waals surface area contributed by atoms with Crippen LogP contribution in [0.2, 0.25) is 0 Å². The van der Waals surface area contributed by atoms with Crippen LogP contribution < -0.4 is 15.6 Å². The molecule has 0 spiro atoms. The molecule has 1 aromatic heterocycles. The largest absolute Gasteiger partial charge is 0.504 e. The Kier molecular flexibility index (Phi) is 4.88. The number of hydrogen-bond acceptors (Lipinski definition) is 5. The molecule has 31 heavy (non-hydrogen) atoms. The van der Waals surface area contributed by atoms with Crippen LogP contribution in [0.25, 0.3) is 5.69 Å². The predicted molar refractivity (Wildman–Crippen MR) is 125 cm³/mol. The summed E-state index contributed by atoms with van der Waals surface area (Å²) in [7, 11) is 1.48. The molecule has 3 aromatic rings. The number of nitrogens with one attached hydrogen (secondary N) is 2. The number of methoxy groups -OCH3 is 1. The van der Waals surface area contributed by atoms with Gasteiger partial charge in [0.05, 0.1) is 21.9 Å². The molecule has 0 unspecified atom stereocenters. The van der Waals surface area contributed by atoms with E-state index in [2.05, 4.69) is 10.4 Å². The normalized spacial score (nSPS) is 17.7. The minimum absolute atomic E-state index is 0.0401. The molecule has 0 saturated heterocycles. The lowest BCUT2D eigenvalue weighted by atomic mass is 9.77. The van der Waals surface area contributed by atoms with Crippen molar-refractivity contribution in [3.8, 4) is 17.2 Å². The number of phenolic OH excluding ortho intramolecular Hbond substituents is 1. The zero-order chi connectivity index (χ0) is 21.7. The Morgan fingerprint density at radius 3 is 2.68 bits per heavy atom. The van der Waals surface area contributed by atoms with Crippen LogP contribution in [0.4, 0.5) is 5.82 Å². The Hall–Kier alpha value is -3.01. The molecule has 2 heterocycles. The van der Waals surface area contributed by atoms with Gasteiger partial charge in [0, 0.05) is 23.6 Å². The van der Waals surface area contributed by atoms with Crippen molar-refractivity contribution in [2.75, 3.05) is 12.4 Å². The topological polar surface area (TPSA) is 96.4 Å². The number of aromatic amines is 1. The maximum Gasteiger partial charge on any atom is 0.277 e. The number of aromatic nitrogens is 2. The highest BCUT2D eigenvalue weighted by Crippen LogP contribution is 2.46. The molecule has 2 aromatic carbocycles. The molecule has 8 heteroatoms. The molecule has 3 N–H and O–H groups in total. The van der Waals surface area contributed by atoms with E-state index >= 15 is 0 Å². The Balaban J connectivity index is 1.77. The molecule has 1 aliphatic carbocycles. The van der Waals surface area contributed by atoms with E-state index in [0.717, 1.165) is 24.1 Å². The van der Waals surface area contributed by atoms with Crippen LogP contribution in [0.3, 0.4) is 0 Å². The summed E-state index contributed by atoms with van der Waals surface area (Å²) in [5, 5.41) is 16.8. The number of fused-ring (bicyclic) bond motifs is 1. The van der Waals surface area contributed by atoms with Gasteiger partial charge in [0.1, 0.15) is 5.82 Å². The number of carbonyl (C=O) groups is 1. The van der Waals surface area contributed by atoms with Crippen LogP contribution in [-0.2, 0) is 4.79 Å². The number of phenols is 1. The van der Waals surface area contributed by atoms with Gasteiger partial charge in [-0.3, -0.25) is 14.7 Å². The van der Waals surface area contributed by atoms with Crippen molar-refractivity contribution in [3.05, 3.63) is 78.8 Å². The molecule has 2 aliphatic rings. The van der Waals surface area contributed by atoms with Crippen molar-refractivity contribution in [1.82, 2.24) is 9.78 Å². The Bertz CT molecular complexity index is 1290. The maximum atomic E-state index is 13.6. The quantitative estimate of drug-likeness (QED) is 0.445. The first-order valence-electron chi connectivity index (χ1n) is 9.99. The van der Waals surface area contributed by atoms with E-state index in [1.165, 1.54) is 11.8 Å². The number of ketones is 1. The third-order valence-electron chi connectivity index (χ3n) is 5.85. The SMILES string of the molecule is COc1cc([C@H]2C3=C(CCCC3=O)Nc3[nH]n(-c4ccccc4)c(=O)c32)cc(I)c1O. The zero-order valence-corrected chi connectivity index (χ0v) is 18.9. The lowest BCUT2D eigenvalue weighted by Gasteiger charge is -2.31. The minimum atomic E-state index is -0.546. The van der Waals surface area contributed by atoms with Crippen molar-refractivity contribution in [1.29, 1.82) is 0 Å². The number of ether oxygens (including phenoxy) is 1. The monoisotopic (exact) mass is 529 g/mol. The van der Waals surface area contributed by atoms with Gasteiger partial charge < -0.3 is 15.2 Å². The Labute approximate surface area is 191 Å². The average Bonchev–Trinajstić information content (AvgIpc) is 3.11. The molecule has 7 nitrogen and oxygen atoms in total. The van der Waals surface area contributed by atoms with E-state index in [9.17, 15) is 14.7 Å². The number of hydrogen-bond donors (Lipinski definition) is 3. The standard InChI is InChI=1S/C23H20IN3O4/c1-31-17-11-12(10-14(24)21(17)29)18-19-15(8-5-9-16(19)28)25-22-20(18)23(30)27(26-22)13-6-3-2-4-7-13/h2-4,6-7,10-11,18,25-26,29H,5,8-9H2,1H3/t18-/m0/s1. The van der Waals surface area contributed by atoms with Gasteiger partial charge in [0.15, 0.2) is 17.3 Å². The summed E-state index contributed by atoms with van der Waals surface area (Å²) in [5.41, 5.74) is 3.19. The van der Waals surface area contributed by atoms with Gasteiger partial charge >= 0.3 is 0 Å². The number of carbonyl (C=O) groups excluding carboxylic acids is 1. The van der Waals surface area contributed by atoms with Crippen LogP contribution in [-0.4, -0.2) is 27.8 Å². The number of halogens is 1. The molecular formula is C23H20IN3O4. The number of aromatic hydroxyl groups is 1. The maximum absolute atomic E-state index is 13.6. The second-order valence-electron chi connectivity index (χ2n) is 7.66. The molecule has 0 bridgehead atoms. The number of anilines is 1. The van der Waals surface area contributed by atoms with Crippen molar-refractivity contribution in [2.24, 2.45) is 0 Å². The van der Waals surface area contributed by atoms with Crippen LogP contribution in [0.5, 0.6) is 11.5 Å². The van der Waals surface area contributed by atoms with E-state index < -0.39 is 5.92 Å². The number of benzene rings is 2. The number of allylic oxidation sites excluding steroid dienone is 2. The second kappa shape index (κ2) is 7.60. The smallest absolute Gasteiger partial charge is 0.277 e. The molecular weight excluding hydrogens is 509 g/mol. The van der Waals surface area contributed by atoms with Gasteiger partial charge in [0.2, 0.25) is 0 Å². The molecule has 1 aliphatic heterocycles. The zero-order valence-electron chi connectivity index (χ0n) is 16.7. The number of Topliss-reactive ketones (excluding diaryl/α,β-unsaturated/α-hetero) is 1. The number of para-hydroxylation sites is 1. The van der Waals surface area contributed by atoms with E-state index in [4.69, 9.17) is 4.74 Å². The van der Waals surface area contributed by atoms with Gasteiger partial charge in [-0.05, 0) is 65.3 Å². The average molecular weight is 529 g/mol. The summed E-state index contributed by atoms with van der Waals surface area (Å²) in [4.78, 5) is 26.6. The Morgan fingerprint density at radius 2 is 1.94 bits per heavy atom. The van der Waals surface area contributed by atoms with Crippen LogP contribution in [0.1, 0.15) is 36.3 Å². The highest BCUT2D eigenvalue weighted by molar-refractivity contribution is 14.1. The second-order valence-corrected chi connectivity index (χ2v) is 8.82. The van der Waals surface area contributed by atoms with Crippen LogP contribution in [0, 0.1) is 3.57 Å². The summed E-state index contributed by atoms with van der Waals surface area (Å²) in [6, 6.07) is 12.8. The summed E-state index contributed by atoms with van der Waals surface area (Å²) in [6.45, 7) is 0. The highest BCUT2D eigenvalue weighted by atomic mass is 127. The Morgan fingerprint density at radius 1 is 1.16 bits per heavy atom. The predicted octanol–water partition coefficient (Wildman–Crippen LogP) is 4.05. The lowest BCUT2D eigenvalue weighted by Crippen LogP contribution is -2.30.